The van der Waals surface area contributed by atoms with E-state index in [1.165, 1.54) is 24.1 Å². The predicted octanol–water partition coefficient (Wildman–Crippen LogP) is 5.71. The van der Waals surface area contributed by atoms with Crippen LogP contribution in [0.25, 0.3) is 0 Å². The molecule has 230 valence electrons. The van der Waals surface area contributed by atoms with Crippen LogP contribution in [0.2, 0.25) is 5.02 Å². The van der Waals surface area contributed by atoms with Gasteiger partial charge in [0, 0.05) is 24.5 Å². The summed E-state index contributed by atoms with van der Waals surface area (Å²) in [5, 5.41) is 3.36. The van der Waals surface area contributed by atoms with E-state index in [1.54, 1.807) is 36.4 Å². The summed E-state index contributed by atoms with van der Waals surface area (Å²) < 4.78 is 34.4. The number of nitrogens with zero attached hydrogens (tertiary/aromatic N) is 2. The molecule has 0 aliphatic carbocycles. The predicted molar refractivity (Wildman–Crippen MR) is 173 cm³/mol. The number of ether oxygens (including phenoxy) is 1. The molecule has 0 aliphatic heterocycles. The van der Waals surface area contributed by atoms with E-state index < -0.39 is 28.5 Å². The lowest BCUT2D eigenvalue weighted by molar-refractivity contribution is -0.140. The number of methoxy groups -OCH3 is 1. The summed E-state index contributed by atoms with van der Waals surface area (Å²) in [6, 6.07) is 30.1. The zero-order chi connectivity index (χ0) is 31.5. The first-order chi connectivity index (χ1) is 21.2. The third-order valence-corrected chi connectivity index (χ3v) is 9.10. The molecule has 0 radical (unpaired) electrons. The van der Waals surface area contributed by atoms with Crippen LogP contribution in [-0.2, 0) is 32.6 Å². The van der Waals surface area contributed by atoms with Gasteiger partial charge in [-0.1, -0.05) is 79.2 Å². The maximum absolute atomic E-state index is 14.4. The zero-order valence-electron chi connectivity index (χ0n) is 24.7. The molecular weight excluding hydrogens is 598 g/mol. The SMILES string of the molecule is CCCNC(=O)[C@@H](Cc1ccccc1)N(Cc1ccccc1)C(=O)CN(c1ccc(Cl)cc1)S(=O)(=O)c1ccc(OC)cc1. The molecule has 2 amide bonds. The van der Waals surface area contributed by atoms with Gasteiger partial charge in [0.1, 0.15) is 18.3 Å². The second-order valence-electron chi connectivity index (χ2n) is 10.2. The highest BCUT2D eigenvalue weighted by molar-refractivity contribution is 7.92. The first-order valence-electron chi connectivity index (χ1n) is 14.3. The van der Waals surface area contributed by atoms with Crippen LogP contribution in [0, 0.1) is 0 Å². The van der Waals surface area contributed by atoms with Gasteiger partial charge in [-0.25, -0.2) is 8.42 Å². The van der Waals surface area contributed by atoms with E-state index in [0.29, 0.717) is 17.3 Å². The smallest absolute Gasteiger partial charge is 0.264 e. The first-order valence-corrected chi connectivity index (χ1v) is 16.1. The second kappa shape index (κ2) is 15.4. The van der Waals surface area contributed by atoms with E-state index in [1.807, 2.05) is 67.6 Å². The largest absolute Gasteiger partial charge is 0.497 e. The van der Waals surface area contributed by atoms with E-state index in [2.05, 4.69) is 5.32 Å². The number of hydrogen-bond acceptors (Lipinski definition) is 5. The van der Waals surface area contributed by atoms with E-state index in [4.69, 9.17) is 16.3 Å². The van der Waals surface area contributed by atoms with Crippen molar-refractivity contribution in [3.8, 4) is 5.75 Å². The third-order valence-electron chi connectivity index (χ3n) is 7.06. The number of benzene rings is 4. The molecule has 0 aromatic heterocycles. The van der Waals surface area contributed by atoms with Gasteiger partial charge in [-0.2, -0.15) is 0 Å². The van der Waals surface area contributed by atoms with Crippen molar-refractivity contribution in [3.05, 3.63) is 125 Å². The molecule has 0 heterocycles. The van der Waals surface area contributed by atoms with Gasteiger partial charge in [-0.05, 0) is 66.1 Å². The van der Waals surface area contributed by atoms with E-state index in [0.717, 1.165) is 21.9 Å². The average Bonchev–Trinajstić information content (AvgIpc) is 3.05. The van der Waals surface area contributed by atoms with Crippen molar-refractivity contribution in [2.45, 2.75) is 37.2 Å². The van der Waals surface area contributed by atoms with Gasteiger partial charge in [0.05, 0.1) is 17.7 Å². The van der Waals surface area contributed by atoms with Crippen molar-refractivity contribution in [1.82, 2.24) is 10.2 Å². The van der Waals surface area contributed by atoms with Crippen molar-refractivity contribution in [3.63, 3.8) is 0 Å². The molecule has 0 saturated heterocycles. The Kier molecular flexibility index (Phi) is 11.4. The molecule has 8 nitrogen and oxygen atoms in total. The van der Waals surface area contributed by atoms with Crippen LogP contribution in [0.15, 0.2) is 114 Å². The number of anilines is 1. The molecule has 10 heteroatoms. The highest BCUT2D eigenvalue weighted by Gasteiger charge is 2.34. The molecule has 0 unspecified atom stereocenters. The number of sulfonamides is 1. The van der Waals surface area contributed by atoms with Gasteiger partial charge in [0.25, 0.3) is 10.0 Å². The monoisotopic (exact) mass is 633 g/mol. The molecule has 0 fully saturated rings. The lowest BCUT2D eigenvalue weighted by Crippen LogP contribution is -2.53. The molecule has 0 bridgehead atoms. The fourth-order valence-electron chi connectivity index (χ4n) is 4.71. The summed E-state index contributed by atoms with van der Waals surface area (Å²) in [5.74, 6) is -0.349. The fourth-order valence-corrected chi connectivity index (χ4v) is 6.25. The fraction of sp³-hybridized carbons (Fsp3) is 0.235. The van der Waals surface area contributed by atoms with E-state index in [-0.39, 0.29) is 29.5 Å². The van der Waals surface area contributed by atoms with Crippen LogP contribution in [0.1, 0.15) is 24.5 Å². The summed E-state index contributed by atoms with van der Waals surface area (Å²) >= 11 is 6.12. The Hall–Kier alpha value is -4.34. The molecule has 0 spiro atoms. The highest BCUT2D eigenvalue weighted by atomic mass is 35.5. The Labute approximate surface area is 264 Å². The third kappa shape index (κ3) is 8.39. The van der Waals surface area contributed by atoms with Gasteiger partial charge in [0.2, 0.25) is 11.8 Å². The normalized spacial score (nSPS) is 11.8. The minimum Gasteiger partial charge on any atom is -0.497 e. The average molecular weight is 634 g/mol. The first kappa shape index (κ1) is 32.6. The minimum absolute atomic E-state index is 0.0165. The lowest BCUT2D eigenvalue weighted by atomic mass is 10.0. The zero-order valence-corrected chi connectivity index (χ0v) is 26.3. The van der Waals surface area contributed by atoms with Crippen LogP contribution < -0.4 is 14.4 Å². The van der Waals surface area contributed by atoms with Crippen LogP contribution in [-0.4, -0.2) is 51.4 Å². The van der Waals surface area contributed by atoms with Gasteiger partial charge >= 0.3 is 0 Å². The molecule has 1 atom stereocenters. The maximum Gasteiger partial charge on any atom is 0.264 e. The van der Waals surface area contributed by atoms with Gasteiger partial charge in [0.15, 0.2) is 0 Å². The summed E-state index contributed by atoms with van der Waals surface area (Å²) in [5.41, 5.74) is 1.93. The van der Waals surface area contributed by atoms with Gasteiger partial charge < -0.3 is 15.0 Å². The Balaban J connectivity index is 1.77. The quantitative estimate of drug-likeness (QED) is 0.192. The minimum atomic E-state index is -4.23. The van der Waals surface area contributed by atoms with Crippen molar-refractivity contribution < 1.29 is 22.7 Å². The number of halogens is 1. The summed E-state index contributed by atoms with van der Waals surface area (Å²) in [6.45, 7) is 1.95. The van der Waals surface area contributed by atoms with Crippen LogP contribution in [0.4, 0.5) is 5.69 Å². The number of hydrogen-bond donors (Lipinski definition) is 1. The molecule has 44 heavy (non-hydrogen) atoms. The Bertz CT molecular complexity index is 1620. The standard InChI is InChI=1S/C34H36ClN3O5S/c1-3-22-36-34(40)32(23-26-10-6-4-7-11-26)37(24-27-12-8-5-9-13-27)33(39)25-38(29-16-14-28(35)15-17-29)44(41,42)31-20-18-30(43-2)19-21-31/h4-21,32H,3,22-25H2,1-2H3,(H,36,40)/t32-/m1/s1. The molecule has 0 saturated carbocycles. The number of carbonyl (C=O) groups is 2. The molecule has 0 aliphatic rings. The van der Waals surface area contributed by atoms with Crippen LogP contribution in [0.3, 0.4) is 0 Å². The van der Waals surface area contributed by atoms with E-state index >= 15 is 0 Å². The van der Waals surface area contributed by atoms with E-state index in [9.17, 15) is 18.0 Å². The van der Waals surface area contributed by atoms with Crippen LogP contribution in [0.5, 0.6) is 5.75 Å². The van der Waals surface area contributed by atoms with Gasteiger partial charge in [-0.15, -0.1) is 0 Å². The highest BCUT2D eigenvalue weighted by Crippen LogP contribution is 2.27. The molecule has 4 aromatic carbocycles. The number of nitrogens with one attached hydrogen (secondary N) is 1. The Morgan fingerprint density at radius 1 is 0.841 bits per heavy atom. The van der Waals surface area contributed by atoms with Crippen molar-refractivity contribution in [2.75, 3.05) is 24.5 Å². The molecular formula is C34H36ClN3O5S. The van der Waals surface area contributed by atoms with Crippen molar-refractivity contribution in [1.29, 1.82) is 0 Å². The lowest BCUT2D eigenvalue weighted by Gasteiger charge is -2.34. The Morgan fingerprint density at radius 3 is 2.00 bits per heavy atom. The molecule has 4 rings (SSSR count). The van der Waals surface area contributed by atoms with Crippen molar-refractivity contribution in [2.24, 2.45) is 0 Å². The molecule has 1 N–H and O–H groups in total. The summed E-state index contributed by atoms with van der Waals surface area (Å²) in [7, 11) is -2.73. The van der Waals surface area contributed by atoms with Crippen LogP contribution >= 0.6 is 11.6 Å². The van der Waals surface area contributed by atoms with Gasteiger partial charge in [-0.3, -0.25) is 13.9 Å². The second-order valence-corrected chi connectivity index (χ2v) is 12.5. The maximum atomic E-state index is 14.4. The topological polar surface area (TPSA) is 96.0 Å². The Morgan fingerprint density at radius 2 is 1.43 bits per heavy atom. The summed E-state index contributed by atoms with van der Waals surface area (Å²) in [4.78, 5) is 29.5. The van der Waals surface area contributed by atoms with Crippen molar-refractivity contribution >= 4 is 39.1 Å². The number of carbonyl (C=O) groups excluding carboxylic acids is 2. The number of amides is 2. The number of rotatable bonds is 14. The summed E-state index contributed by atoms with van der Waals surface area (Å²) in [6.07, 6.45) is 0.974. The molecule has 4 aromatic rings.